The first-order chi connectivity index (χ1) is 11.1. The molecule has 0 atom stereocenters. The normalized spacial score (nSPS) is 13.0. The first-order valence-electron chi connectivity index (χ1n) is 7.41. The summed E-state index contributed by atoms with van der Waals surface area (Å²) in [7, 11) is 1.54. The van der Waals surface area contributed by atoms with Gasteiger partial charge >= 0.3 is 0 Å². The standard InChI is InChI=1S/C20H14O3/c1-11-7-8-12-10-16-17(20(23-2)15(12)9-11)19(22)14-6-4-3-5-13(14)18(16)21/h3-10H,1-2H3. The summed E-state index contributed by atoms with van der Waals surface area (Å²) >= 11 is 0. The monoisotopic (exact) mass is 302 g/mol. The molecule has 0 amide bonds. The van der Waals surface area contributed by atoms with Gasteiger partial charge < -0.3 is 4.74 Å². The number of carbonyl (C=O) groups is 2. The first kappa shape index (κ1) is 13.7. The molecule has 0 saturated carbocycles. The average Bonchev–Trinajstić information content (AvgIpc) is 2.58. The summed E-state index contributed by atoms with van der Waals surface area (Å²) in [5, 5.41) is 1.75. The van der Waals surface area contributed by atoms with Gasteiger partial charge in [-0.1, -0.05) is 42.0 Å². The van der Waals surface area contributed by atoms with E-state index in [0.717, 1.165) is 16.3 Å². The Morgan fingerprint density at radius 2 is 1.52 bits per heavy atom. The molecule has 0 unspecified atom stereocenters. The number of ether oxygens (including phenoxy) is 1. The highest BCUT2D eigenvalue weighted by Crippen LogP contribution is 2.39. The van der Waals surface area contributed by atoms with Crippen LogP contribution in [0.2, 0.25) is 0 Å². The lowest BCUT2D eigenvalue weighted by atomic mass is 9.82. The summed E-state index contributed by atoms with van der Waals surface area (Å²) < 4.78 is 5.54. The molecule has 0 radical (unpaired) electrons. The molecule has 0 heterocycles. The Bertz CT molecular complexity index is 999. The third-order valence-electron chi connectivity index (χ3n) is 4.34. The summed E-state index contributed by atoms with van der Waals surface area (Å²) in [6, 6.07) is 14.6. The summed E-state index contributed by atoms with van der Waals surface area (Å²) in [6.45, 7) is 1.99. The minimum Gasteiger partial charge on any atom is -0.495 e. The van der Waals surface area contributed by atoms with E-state index in [1.807, 2.05) is 25.1 Å². The number of benzene rings is 3. The van der Waals surface area contributed by atoms with Crippen molar-refractivity contribution in [2.24, 2.45) is 0 Å². The predicted octanol–water partition coefficient (Wildman–Crippen LogP) is 3.93. The molecule has 0 saturated heterocycles. The SMILES string of the molecule is COc1c2c(cc3ccc(C)cc13)C(=O)c1ccccc1C2=O. The van der Waals surface area contributed by atoms with Crippen molar-refractivity contribution in [3.8, 4) is 5.75 Å². The lowest BCUT2D eigenvalue weighted by molar-refractivity contribution is 0.0977. The number of hydrogen-bond acceptors (Lipinski definition) is 3. The molecule has 112 valence electrons. The highest BCUT2D eigenvalue weighted by molar-refractivity contribution is 6.31. The average molecular weight is 302 g/mol. The van der Waals surface area contributed by atoms with Gasteiger partial charge in [0.2, 0.25) is 0 Å². The van der Waals surface area contributed by atoms with E-state index >= 15 is 0 Å². The van der Waals surface area contributed by atoms with Crippen LogP contribution in [0.3, 0.4) is 0 Å². The fourth-order valence-electron chi connectivity index (χ4n) is 3.25. The van der Waals surface area contributed by atoms with Crippen molar-refractivity contribution in [1.29, 1.82) is 0 Å². The number of rotatable bonds is 1. The summed E-state index contributed by atoms with van der Waals surface area (Å²) in [4.78, 5) is 25.8. The Balaban J connectivity index is 2.14. The van der Waals surface area contributed by atoms with E-state index in [1.54, 1.807) is 30.3 Å². The van der Waals surface area contributed by atoms with Crippen molar-refractivity contribution in [1.82, 2.24) is 0 Å². The van der Waals surface area contributed by atoms with Gasteiger partial charge in [0, 0.05) is 22.1 Å². The van der Waals surface area contributed by atoms with Crippen LogP contribution in [0.4, 0.5) is 0 Å². The van der Waals surface area contributed by atoms with Gasteiger partial charge in [-0.05, 0) is 24.4 Å². The molecule has 0 aliphatic heterocycles. The van der Waals surface area contributed by atoms with Crippen LogP contribution in [0, 0.1) is 6.92 Å². The van der Waals surface area contributed by atoms with Gasteiger partial charge in [-0.3, -0.25) is 9.59 Å². The van der Waals surface area contributed by atoms with E-state index in [2.05, 4.69) is 0 Å². The highest BCUT2D eigenvalue weighted by Gasteiger charge is 2.33. The van der Waals surface area contributed by atoms with Gasteiger partial charge in [-0.2, -0.15) is 0 Å². The number of carbonyl (C=O) groups excluding carboxylic acids is 2. The summed E-state index contributed by atoms with van der Waals surface area (Å²) in [5.41, 5.74) is 2.76. The first-order valence-corrected chi connectivity index (χ1v) is 7.41. The fraction of sp³-hybridized carbons (Fsp3) is 0.100. The van der Waals surface area contributed by atoms with E-state index in [1.165, 1.54) is 7.11 Å². The molecular weight excluding hydrogens is 288 g/mol. The summed E-state index contributed by atoms with van der Waals surface area (Å²) in [5.74, 6) is 0.195. The van der Waals surface area contributed by atoms with Gasteiger partial charge in [0.15, 0.2) is 11.6 Å². The number of aryl methyl sites for hydroxylation is 1. The second-order valence-corrected chi connectivity index (χ2v) is 5.76. The lowest BCUT2D eigenvalue weighted by Crippen LogP contribution is -2.21. The molecule has 0 spiro atoms. The maximum atomic E-state index is 12.9. The van der Waals surface area contributed by atoms with E-state index in [9.17, 15) is 9.59 Å². The van der Waals surface area contributed by atoms with Crippen molar-refractivity contribution >= 4 is 22.3 Å². The van der Waals surface area contributed by atoms with Crippen LogP contribution in [0.25, 0.3) is 10.8 Å². The van der Waals surface area contributed by atoms with E-state index in [4.69, 9.17) is 4.74 Å². The molecule has 23 heavy (non-hydrogen) atoms. The zero-order valence-electron chi connectivity index (χ0n) is 12.8. The zero-order valence-corrected chi connectivity index (χ0v) is 12.8. The Labute approximate surface area is 133 Å². The van der Waals surface area contributed by atoms with Crippen molar-refractivity contribution in [3.05, 3.63) is 76.3 Å². The molecular formula is C20H14O3. The van der Waals surface area contributed by atoms with Gasteiger partial charge in [0.25, 0.3) is 0 Å². The Hall–Kier alpha value is -2.94. The van der Waals surface area contributed by atoms with Gasteiger partial charge in [0.05, 0.1) is 12.7 Å². The number of ketones is 2. The van der Waals surface area contributed by atoms with Crippen LogP contribution in [-0.4, -0.2) is 18.7 Å². The maximum absolute atomic E-state index is 12.9. The highest BCUT2D eigenvalue weighted by atomic mass is 16.5. The van der Waals surface area contributed by atoms with E-state index in [0.29, 0.717) is 28.0 Å². The molecule has 4 rings (SSSR count). The number of methoxy groups -OCH3 is 1. The van der Waals surface area contributed by atoms with Gasteiger partial charge in [-0.15, -0.1) is 0 Å². The largest absolute Gasteiger partial charge is 0.495 e. The second-order valence-electron chi connectivity index (χ2n) is 5.76. The quantitative estimate of drug-likeness (QED) is 0.535. The van der Waals surface area contributed by atoms with Crippen LogP contribution in [0.1, 0.15) is 37.4 Å². The van der Waals surface area contributed by atoms with Crippen molar-refractivity contribution in [2.75, 3.05) is 7.11 Å². The molecule has 0 N–H and O–H groups in total. The molecule has 0 aromatic heterocycles. The topological polar surface area (TPSA) is 43.4 Å². The van der Waals surface area contributed by atoms with Crippen LogP contribution in [-0.2, 0) is 0 Å². The zero-order chi connectivity index (χ0) is 16.1. The van der Waals surface area contributed by atoms with Gasteiger partial charge in [0.1, 0.15) is 5.75 Å². The van der Waals surface area contributed by atoms with E-state index in [-0.39, 0.29) is 11.6 Å². The van der Waals surface area contributed by atoms with Crippen LogP contribution >= 0.6 is 0 Å². The summed E-state index contributed by atoms with van der Waals surface area (Å²) in [6.07, 6.45) is 0. The van der Waals surface area contributed by atoms with Gasteiger partial charge in [-0.25, -0.2) is 0 Å². The fourth-order valence-corrected chi connectivity index (χ4v) is 3.25. The minimum atomic E-state index is -0.157. The minimum absolute atomic E-state index is 0.129. The van der Waals surface area contributed by atoms with Crippen molar-refractivity contribution in [3.63, 3.8) is 0 Å². The number of hydrogen-bond donors (Lipinski definition) is 0. The van der Waals surface area contributed by atoms with Crippen LogP contribution in [0.15, 0.2) is 48.5 Å². The Morgan fingerprint density at radius 3 is 2.22 bits per heavy atom. The second kappa shape index (κ2) is 4.78. The molecule has 0 bridgehead atoms. The molecule has 3 aromatic carbocycles. The predicted molar refractivity (Wildman–Crippen MR) is 88.5 cm³/mol. The third-order valence-corrected chi connectivity index (χ3v) is 4.34. The Kier molecular flexibility index (Phi) is 2.85. The van der Waals surface area contributed by atoms with E-state index < -0.39 is 0 Å². The lowest BCUT2D eigenvalue weighted by Gasteiger charge is -2.21. The smallest absolute Gasteiger partial charge is 0.198 e. The van der Waals surface area contributed by atoms with Crippen LogP contribution in [0.5, 0.6) is 5.75 Å². The van der Waals surface area contributed by atoms with Crippen LogP contribution < -0.4 is 4.74 Å². The Morgan fingerprint density at radius 1 is 0.826 bits per heavy atom. The molecule has 3 aromatic rings. The molecule has 3 heteroatoms. The van der Waals surface area contributed by atoms with Crippen molar-refractivity contribution in [2.45, 2.75) is 6.92 Å². The molecule has 3 nitrogen and oxygen atoms in total. The number of fused-ring (bicyclic) bond motifs is 3. The molecule has 0 fully saturated rings. The molecule has 1 aliphatic rings. The molecule has 1 aliphatic carbocycles. The van der Waals surface area contributed by atoms with Crippen molar-refractivity contribution < 1.29 is 14.3 Å². The maximum Gasteiger partial charge on any atom is 0.198 e. The third kappa shape index (κ3) is 1.83.